The maximum atomic E-state index is 11.9. The van der Waals surface area contributed by atoms with E-state index in [-0.39, 0.29) is 5.91 Å². The molecular formula is C21H23N3O2. The van der Waals surface area contributed by atoms with Crippen molar-refractivity contribution >= 4 is 5.91 Å². The first kappa shape index (κ1) is 17.9. The fourth-order valence-electron chi connectivity index (χ4n) is 2.77. The van der Waals surface area contributed by atoms with E-state index in [1.807, 2.05) is 35.3 Å². The van der Waals surface area contributed by atoms with E-state index in [0.29, 0.717) is 6.54 Å². The predicted octanol–water partition coefficient (Wildman–Crippen LogP) is 3.25. The first-order chi connectivity index (χ1) is 12.7. The second kappa shape index (κ2) is 8.45. The Kier molecular flexibility index (Phi) is 5.81. The fraction of sp³-hybridized carbons (Fsp3) is 0.238. The Balaban J connectivity index is 1.73. The number of rotatable bonds is 7. The molecule has 1 N–H and O–H groups in total. The summed E-state index contributed by atoms with van der Waals surface area (Å²) in [5.41, 5.74) is 4.54. The van der Waals surface area contributed by atoms with E-state index in [1.54, 1.807) is 13.1 Å². The quantitative estimate of drug-likeness (QED) is 0.712. The Bertz CT molecular complexity index is 842. The van der Waals surface area contributed by atoms with Gasteiger partial charge in [-0.15, -0.1) is 0 Å². The van der Waals surface area contributed by atoms with Gasteiger partial charge in [-0.3, -0.25) is 4.79 Å². The Morgan fingerprint density at radius 1 is 1.19 bits per heavy atom. The smallest absolute Gasteiger partial charge is 0.249 e. The number of aromatic nitrogens is 2. The lowest BCUT2D eigenvalue weighted by molar-refractivity contribution is -0.130. The van der Waals surface area contributed by atoms with E-state index in [2.05, 4.69) is 40.6 Å². The number of methoxy groups -OCH3 is 1. The second-order valence-electron chi connectivity index (χ2n) is 6.18. The highest BCUT2D eigenvalue weighted by Gasteiger charge is 2.12. The third-order valence-corrected chi connectivity index (χ3v) is 4.38. The van der Waals surface area contributed by atoms with Gasteiger partial charge in [0, 0.05) is 32.6 Å². The maximum Gasteiger partial charge on any atom is 0.249 e. The monoisotopic (exact) mass is 349 g/mol. The molecule has 0 aliphatic heterocycles. The number of nitrogens with one attached hydrogen (secondary N) is 1. The van der Waals surface area contributed by atoms with Crippen molar-refractivity contribution in [3.63, 3.8) is 0 Å². The Morgan fingerprint density at radius 2 is 1.96 bits per heavy atom. The zero-order valence-corrected chi connectivity index (χ0v) is 15.1. The van der Waals surface area contributed by atoms with Gasteiger partial charge in [0.25, 0.3) is 0 Å². The van der Waals surface area contributed by atoms with Crippen LogP contribution >= 0.6 is 0 Å². The molecule has 5 nitrogen and oxygen atoms in total. The molecular weight excluding hydrogens is 326 g/mol. The molecule has 0 saturated carbocycles. The second-order valence-corrected chi connectivity index (χ2v) is 6.18. The van der Waals surface area contributed by atoms with E-state index in [0.717, 1.165) is 23.2 Å². The Morgan fingerprint density at radius 3 is 2.65 bits per heavy atom. The van der Waals surface area contributed by atoms with E-state index < -0.39 is 6.10 Å². The van der Waals surface area contributed by atoms with Crippen LogP contribution in [0.3, 0.4) is 0 Å². The van der Waals surface area contributed by atoms with Crippen molar-refractivity contribution in [1.29, 1.82) is 0 Å². The van der Waals surface area contributed by atoms with Gasteiger partial charge in [0.05, 0.1) is 6.33 Å². The average molecular weight is 349 g/mol. The molecule has 5 heteroatoms. The molecule has 0 aliphatic carbocycles. The van der Waals surface area contributed by atoms with Gasteiger partial charge in [0.15, 0.2) is 0 Å². The van der Waals surface area contributed by atoms with Crippen LogP contribution in [0, 0.1) is 0 Å². The molecule has 1 amide bonds. The average Bonchev–Trinajstić information content (AvgIpc) is 3.19. The zero-order chi connectivity index (χ0) is 18.4. The summed E-state index contributed by atoms with van der Waals surface area (Å²) in [6.45, 7) is 3.01. The molecule has 134 valence electrons. The zero-order valence-electron chi connectivity index (χ0n) is 15.1. The number of hydrogen-bond donors (Lipinski definition) is 1. The summed E-state index contributed by atoms with van der Waals surface area (Å²) < 4.78 is 7.09. The number of nitrogens with zero attached hydrogens (tertiary/aromatic N) is 2. The number of carbonyl (C=O) groups is 1. The lowest BCUT2D eigenvalue weighted by atomic mass is 9.98. The molecule has 26 heavy (non-hydrogen) atoms. The van der Waals surface area contributed by atoms with E-state index >= 15 is 0 Å². The molecule has 1 unspecified atom stereocenters. The number of amides is 1. The minimum Gasteiger partial charge on any atom is -0.372 e. The van der Waals surface area contributed by atoms with Crippen LogP contribution in [0.25, 0.3) is 11.1 Å². The highest BCUT2D eigenvalue weighted by atomic mass is 16.5. The van der Waals surface area contributed by atoms with Crippen LogP contribution in [0.4, 0.5) is 0 Å². The van der Waals surface area contributed by atoms with Crippen molar-refractivity contribution in [3.8, 4) is 11.1 Å². The summed E-state index contributed by atoms with van der Waals surface area (Å²) in [6, 6.07) is 16.6. The van der Waals surface area contributed by atoms with Crippen LogP contribution < -0.4 is 5.32 Å². The third-order valence-electron chi connectivity index (χ3n) is 4.38. The molecule has 3 aromatic rings. The van der Waals surface area contributed by atoms with Gasteiger partial charge in [-0.05, 0) is 29.2 Å². The summed E-state index contributed by atoms with van der Waals surface area (Å²) >= 11 is 0. The lowest BCUT2D eigenvalue weighted by Crippen LogP contribution is -2.33. The van der Waals surface area contributed by atoms with Crippen molar-refractivity contribution in [1.82, 2.24) is 14.9 Å². The first-order valence-corrected chi connectivity index (χ1v) is 8.61. The van der Waals surface area contributed by atoms with E-state index in [9.17, 15) is 4.79 Å². The highest BCUT2D eigenvalue weighted by molar-refractivity contribution is 5.80. The minimum atomic E-state index is -0.454. The van der Waals surface area contributed by atoms with Gasteiger partial charge in [0.1, 0.15) is 6.10 Å². The Labute approximate surface area is 153 Å². The summed E-state index contributed by atoms with van der Waals surface area (Å²) in [5, 5.41) is 2.93. The van der Waals surface area contributed by atoms with Crippen LogP contribution in [0.15, 0.2) is 67.3 Å². The molecule has 1 atom stereocenters. The van der Waals surface area contributed by atoms with Gasteiger partial charge in [-0.2, -0.15) is 0 Å². The number of hydrogen-bond acceptors (Lipinski definition) is 3. The molecule has 1 heterocycles. The molecule has 1 aromatic heterocycles. The summed E-state index contributed by atoms with van der Waals surface area (Å²) in [7, 11) is 1.53. The predicted molar refractivity (Wildman–Crippen MR) is 102 cm³/mol. The molecule has 0 bridgehead atoms. The van der Waals surface area contributed by atoms with Crippen molar-refractivity contribution in [2.45, 2.75) is 26.1 Å². The summed E-state index contributed by atoms with van der Waals surface area (Å²) in [6.07, 6.45) is 5.09. The third kappa shape index (κ3) is 4.37. The maximum absolute atomic E-state index is 11.9. The van der Waals surface area contributed by atoms with Gasteiger partial charge >= 0.3 is 0 Å². The highest BCUT2D eigenvalue weighted by Crippen LogP contribution is 2.24. The van der Waals surface area contributed by atoms with Crippen LogP contribution in [0.1, 0.15) is 18.1 Å². The van der Waals surface area contributed by atoms with Crippen molar-refractivity contribution < 1.29 is 9.53 Å². The number of benzene rings is 2. The summed E-state index contributed by atoms with van der Waals surface area (Å²) in [4.78, 5) is 16.0. The number of ether oxygens (including phenoxy) is 1. The SMILES string of the molecule is COC(C)C(=O)NCc1ccccc1-c1ccc(Cn2ccnc2)cc1. The van der Waals surface area contributed by atoms with Crippen molar-refractivity contribution in [2.75, 3.05) is 7.11 Å². The van der Waals surface area contributed by atoms with Gasteiger partial charge in [0.2, 0.25) is 5.91 Å². The van der Waals surface area contributed by atoms with E-state index in [4.69, 9.17) is 4.74 Å². The molecule has 3 rings (SSSR count). The van der Waals surface area contributed by atoms with Crippen LogP contribution in [0.2, 0.25) is 0 Å². The fourth-order valence-corrected chi connectivity index (χ4v) is 2.77. The molecule has 2 aromatic carbocycles. The van der Waals surface area contributed by atoms with Crippen molar-refractivity contribution in [2.24, 2.45) is 0 Å². The van der Waals surface area contributed by atoms with Crippen LogP contribution in [0.5, 0.6) is 0 Å². The number of imidazole rings is 1. The van der Waals surface area contributed by atoms with Crippen LogP contribution in [-0.4, -0.2) is 28.7 Å². The normalized spacial score (nSPS) is 11.9. The van der Waals surface area contributed by atoms with Gasteiger partial charge in [-0.25, -0.2) is 4.98 Å². The van der Waals surface area contributed by atoms with E-state index in [1.165, 1.54) is 12.7 Å². The topological polar surface area (TPSA) is 56.1 Å². The molecule has 0 fully saturated rings. The molecule has 0 aliphatic rings. The van der Waals surface area contributed by atoms with Crippen molar-refractivity contribution in [3.05, 3.63) is 78.4 Å². The van der Waals surface area contributed by atoms with Crippen LogP contribution in [-0.2, 0) is 22.6 Å². The molecule has 0 radical (unpaired) electrons. The largest absolute Gasteiger partial charge is 0.372 e. The minimum absolute atomic E-state index is 0.113. The van der Waals surface area contributed by atoms with Gasteiger partial charge in [-0.1, -0.05) is 48.5 Å². The summed E-state index contributed by atoms with van der Waals surface area (Å²) in [5.74, 6) is -0.113. The Hall–Kier alpha value is -2.92. The first-order valence-electron chi connectivity index (χ1n) is 8.61. The molecule has 0 spiro atoms. The standard InChI is InChI=1S/C21H23N3O2/c1-16(26-2)21(25)23-13-19-5-3-4-6-20(19)18-9-7-17(8-10-18)14-24-12-11-22-15-24/h3-12,15-16H,13-14H2,1-2H3,(H,23,25). The lowest BCUT2D eigenvalue weighted by Gasteiger charge is -2.14. The molecule has 0 saturated heterocycles. The number of carbonyl (C=O) groups excluding carboxylic acids is 1. The van der Waals surface area contributed by atoms with Gasteiger partial charge < -0.3 is 14.6 Å².